The summed E-state index contributed by atoms with van der Waals surface area (Å²) < 4.78 is 5.97. The van der Waals surface area contributed by atoms with Crippen LogP contribution in [-0.2, 0) is 5.41 Å². The lowest BCUT2D eigenvalue weighted by molar-refractivity contribution is 0.0216. The molecule has 3 N–H and O–H groups in total. The van der Waals surface area contributed by atoms with Crippen LogP contribution in [0.2, 0.25) is 0 Å². The molecule has 3 heteroatoms. The van der Waals surface area contributed by atoms with Gasteiger partial charge in [0.2, 0.25) is 0 Å². The van der Waals surface area contributed by atoms with E-state index in [1.54, 1.807) is 0 Å². The Hall–Kier alpha value is -2.52. The molecule has 3 aromatic rings. The van der Waals surface area contributed by atoms with Gasteiger partial charge < -0.3 is 15.6 Å². The van der Waals surface area contributed by atoms with Gasteiger partial charge in [-0.05, 0) is 70.8 Å². The van der Waals surface area contributed by atoms with Crippen molar-refractivity contribution in [1.29, 1.82) is 0 Å². The summed E-state index contributed by atoms with van der Waals surface area (Å²) in [5.74, 6) is 0.835. The van der Waals surface area contributed by atoms with Gasteiger partial charge >= 0.3 is 0 Å². The predicted octanol–water partition coefficient (Wildman–Crippen LogP) is 6.62. The van der Waals surface area contributed by atoms with Crippen LogP contribution in [0.4, 0.5) is 5.69 Å². The first-order valence-electron chi connectivity index (χ1n) is 11.3. The van der Waals surface area contributed by atoms with Crippen LogP contribution in [-0.4, -0.2) is 17.8 Å². The molecule has 0 aliphatic carbocycles. The fourth-order valence-corrected chi connectivity index (χ4v) is 4.32. The van der Waals surface area contributed by atoms with E-state index in [1.165, 1.54) is 21.9 Å². The number of benzene rings is 3. The maximum absolute atomic E-state index is 10.3. The number of hydrogen-bond donors (Lipinski definition) is 2. The molecule has 0 fully saturated rings. The zero-order chi connectivity index (χ0) is 22.8. The molecular weight excluding hydrogens is 382 g/mol. The van der Waals surface area contributed by atoms with Crippen LogP contribution in [0.5, 0.6) is 5.75 Å². The third kappa shape index (κ3) is 4.72. The molecule has 0 saturated carbocycles. The maximum atomic E-state index is 10.3. The van der Waals surface area contributed by atoms with Crippen LogP contribution in [0.1, 0.15) is 64.2 Å². The van der Waals surface area contributed by atoms with Crippen molar-refractivity contribution >= 4 is 16.5 Å². The Morgan fingerprint density at radius 3 is 2.06 bits per heavy atom. The number of anilines is 1. The van der Waals surface area contributed by atoms with E-state index in [0.29, 0.717) is 6.61 Å². The van der Waals surface area contributed by atoms with Gasteiger partial charge in [-0.2, -0.15) is 0 Å². The van der Waals surface area contributed by atoms with Gasteiger partial charge in [0.25, 0.3) is 0 Å². The summed E-state index contributed by atoms with van der Waals surface area (Å²) in [5.41, 5.74) is 10.2. The number of aryl methyl sites for hydroxylation is 1. The smallest absolute Gasteiger partial charge is 0.122 e. The van der Waals surface area contributed by atoms with E-state index in [1.807, 2.05) is 32.9 Å². The Labute approximate surface area is 187 Å². The Kier molecular flexibility index (Phi) is 6.66. The van der Waals surface area contributed by atoms with Gasteiger partial charge in [-0.1, -0.05) is 71.0 Å². The number of nitrogen functional groups attached to an aromatic ring is 1. The van der Waals surface area contributed by atoms with Gasteiger partial charge in [0.1, 0.15) is 12.4 Å². The minimum Gasteiger partial charge on any atom is -0.491 e. The second kappa shape index (κ2) is 8.92. The summed E-state index contributed by atoms with van der Waals surface area (Å²) in [5, 5.41) is 12.7. The van der Waals surface area contributed by atoms with Crippen LogP contribution in [0.25, 0.3) is 10.8 Å². The molecule has 0 aliphatic rings. The molecule has 0 saturated heterocycles. The zero-order valence-electron chi connectivity index (χ0n) is 19.8. The molecule has 0 spiro atoms. The minimum absolute atomic E-state index is 0.0657. The van der Waals surface area contributed by atoms with Gasteiger partial charge in [0.05, 0.1) is 6.10 Å². The molecule has 31 heavy (non-hydrogen) atoms. The highest BCUT2D eigenvalue weighted by atomic mass is 16.5. The van der Waals surface area contributed by atoms with E-state index in [4.69, 9.17) is 10.5 Å². The summed E-state index contributed by atoms with van der Waals surface area (Å²) >= 11 is 0. The van der Waals surface area contributed by atoms with E-state index in [-0.39, 0.29) is 10.8 Å². The van der Waals surface area contributed by atoms with Crippen molar-refractivity contribution in [1.82, 2.24) is 0 Å². The average molecular weight is 420 g/mol. The standard InChI is InChI=1S/C28H37NO2/c1-7-28(8-2,23-11-9-21-17-24(29)13-10-20(21)16-23)22-12-14-25(19(3)15-22)31-18-26(30)27(4,5)6/h9-17,26,30H,7-8,18,29H2,1-6H3. The molecule has 0 aromatic heterocycles. The lowest BCUT2D eigenvalue weighted by Gasteiger charge is -2.34. The van der Waals surface area contributed by atoms with Crippen LogP contribution in [0, 0.1) is 12.3 Å². The molecule has 0 heterocycles. The highest BCUT2D eigenvalue weighted by molar-refractivity contribution is 5.86. The Bertz CT molecular complexity index is 1040. The summed E-state index contributed by atoms with van der Waals surface area (Å²) in [6.07, 6.45) is 1.50. The third-order valence-corrected chi connectivity index (χ3v) is 6.75. The van der Waals surface area contributed by atoms with Crippen molar-refractivity contribution in [3.63, 3.8) is 0 Å². The first-order valence-corrected chi connectivity index (χ1v) is 11.3. The predicted molar refractivity (Wildman–Crippen MR) is 132 cm³/mol. The van der Waals surface area contributed by atoms with Crippen molar-refractivity contribution in [2.45, 2.75) is 65.9 Å². The molecule has 1 unspecified atom stereocenters. The molecule has 3 aromatic carbocycles. The largest absolute Gasteiger partial charge is 0.491 e. The molecule has 166 valence electrons. The summed E-state index contributed by atoms with van der Waals surface area (Å²) in [6.45, 7) is 13.0. The number of nitrogens with two attached hydrogens (primary N) is 1. The Morgan fingerprint density at radius 2 is 1.45 bits per heavy atom. The van der Waals surface area contributed by atoms with E-state index < -0.39 is 6.10 Å². The van der Waals surface area contributed by atoms with E-state index in [2.05, 4.69) is 63.2 Å². The van der Waals surface area contributed by atoms with Gasteiger partial charge in [0.15, 0.2) is 0 Å². The van der Waals surface area contributed by atoms with Gasteiger partial charge in [-0.25, -0.2) is 0 Å². The van der Waals surface area contributed by atoms with Crippen molar-refractivity contribution < 1.29 is 9.84 Å². The van der Waals surface area contributed by atoms with Gasteiger partial charge in [-0.3, -0.25) is 0 Å². The van der Waals surface area contributed by atoms with Crippen molar-refractivity contribution in [2.75, 3.05) is 12.3 Å². The Balaban J connectivity index is 1.95. The molecular formula is C28H37NO2. The highest BCUT2D eigenvalue weighted by Crippen LogP contribution is 2.41. The molecule has 1 atom stereocenters. The fourth-order valence-electron chi connectivity index (χ4n) is 4.32. The minimum atomic E-state index is -0.511. The van der Waals surface area contributed by atoms with Crippen molar-refractivity contribution in [3.8, 4) is 5.75 Å². The Morgan fingerprint density at radius 1 is 0.871 bits per heavy atom. The molecule has 0 aliphatic heterocycles. The number of fused-ring (bicyclic) bond motifs is 1. The topological polar surface area (TPSA) is 55.5 Å². The average Bonchev–Trinajstić information content (AvgIpc) is 2.73. The van der Waals surface area contributed by atoms with E-state index in [9.17, 15) is 5.11 Å². The van der Waals surface area contributed by atoms with Crippen LogP contribution in [0.3, 0.4) is 0 Å². The first-order chi connectivity index (χ1) is 14.6. The van der Waals surface area contributed by atoms with Crippen molar-refractivity contribution in [2.24, 2.45) is 5.41 Å². The lowest BCUT2D eigenvalue weighted by Crippen LogP contribution is -2.32. The van der Waals surface area contributed by atoms with Crippen molar-refractivity contribution in [3.05, 3.63) is 71.3 Å². The molecule has 0 bridgehead atoms. The van der Waals surface area contributed by atoms with Crippen LogP contribution < -0.4 is 10.5 Å². The molecule has 0 radical (unpaired) electrons. The first kappa shape index (κ1) is 23.1. The summed E-state index contributed by atoms with van der Waals surface area (Å²) in [4.78, 5) is 0. The van der Waals surface area contributed by atoms with E-state index >= 15 is 0 Å². The summed E-state index contributed by atoms with van der Waals surface area (Å²) in [7, 11) is 0. The summed E-state index contributed by atoms with van der Waals surface area (Å²) in [6, 6.07) is 19.3. The van der Waals surface area contributed by atoms with Crippen LogP contribution >= 0.6 is 0 Å². The molecule has 3 rings (SSSR count). The number of rotatable bonds is 7. The van der Waals surface area contributed by atoms with Gasteiger partial charge in [-0.15, -0.1) is 0 Å². The number of aliphatic hydroxyl groups excluding tert-OH is 1. The second-order valence-corrected chi connectivity index (χ2v) is 9.78. The monoisotopic (exact) mass is 419 g/mol. The highest BCUT2D eigenvalue weighted by Gasteiger charge is 2.31. The molecule has 0 amide bonds. The fraction of sp³-hybridized carbons (Fsp3) is 0.429. The number of ether oxygens (including phenoxy) is 1. The lowest BCUT2D eigenvalue weighted by atomic mass is 9.70. The third-order valence-electron chi connectivity index (χ3n) is 6.75. The maximum Gasteiger partial charge on any atom is 0.122 e. The molecule has 3 nitrogen and oxygen atoms in total. The van der Waals surface area contributed by atoms with E-state index in [0.717, 1.165) is 29.8 Å². The normalized spacial score (nSPS) is 13.4. The van der Waals surface area contributed by atoms with Gasteiger partial charge in [0, 0.05) is 11.1 Å². The number of aliphatic hydroxyl groups is 1. The quantitative estimate of drug-likeness (QED) is 0.423. The number of hydrogen-bond acceptors (Lipinski definition) is 3. The second-order valence-electron chi connectivity index (χ2n) is 9.78. The SMILES string of the molecule is CCC(CC)(c1ccc(OCC(O)C(C)(C)C)c(C)c1)c1ccc2cc(N)ccc2c1. The van der Waals surface area contributed by atoms with Crippen LogP contribution in [0.15, 0.2) is 54.6 Å². The zero-order valence-corrected chi connectivity index (χ0v) is 19.8.